The molecule has 4 rings (SSSR count). The number of hydrogen-bond donors (Lipinski definition) is 3. The molecule has 4 nitrogen and oxygen atoms in total. The van der Waals surface area contributed by atoms with Gasteiger partial charge in [-0.25, -0.2) is 0 Å². The van der Waals surface area contributed by atoms with Crippen LogP contribution in [-0.4, -0.2) is 29.9 Å². The lowest BCUT2D eigenvalue weighted by Gasteiger charge is -2.15. The van der Waals surface area contributed by atoms with Crippen LogP contribution in [0.1, 0.15) is 43.7 Å². The van der Waals surface area contributed by atoms with Crippen LogP contribution in [0.5, 0.6) is 17.2 Å². The van der Waals surface area contributed by atoms with Gasteiger partial charge in [-0.1, -0.05) is 62.2 Å². The molecule has 0 radical (unpaired) electrons. The molecule has 4 heteroatoms. The van der Waals surface area contributed by atoms with Crippen molar-refractivity contribution in [2.75, 3.05) is 19.7 Å². The zero-order chi connectivity index (χ0) is 24.5. The van der Waals surface area contributed by atoms with Gasteiger partial charge in [0.15, 0.2) is 0 Å². The number of aromatic hydroxyl groups is 2. The zero-order valence-corrected chi connectivity index (χ0v) is 20.5. The molecule has 182 valence electrons. The largest absolute Gasteiger partial charge is 0.508 e. The maximum Gasteiger partial charge on any atom is 0.119 e. The Morgan fingerprint density at radius 2 is 1.49 bits per heavy atom. The van der Waals surface area contributed by atoms with E-state index in [0.717, 1.165) is 60.2 Å². The van der Waals surface area contributed by atoms with Crippen molar-refractivity contribution in [3.8, 4) is 28.4 Å². The third-order valence-corrected chi connectivity index (χ3v) is 6.36. The number of nitrogens with one attached hydrogen (secondary N) is 1. The van der Waals surface area contributed by atoms with E-state index in [1.165, 1.54) is 30.4 Å². The third-order valence-electron chi connectivity index (χ3n) is 6.36. The molecule has 0 saturated carbocycles. The molecule has 0 spiro atoms. The molecule has 0 aliphatic heterocycles. The van der Waals surface area contributed by atoms with Crippen molar-refractivity contribution in [1.82, 2.24) is 5.32 Å². The quantitative estimate of drug-likeness (QED) is 0.194. The highest BCUT2D eigenvalue weighted by Gasteiger charge is 2.12. The van der Waals surface area contributed by atoms with Gasteiger partial charge < -0.3 is 20.3 Å². The van der Waals surface area contributed by atoms with Crippen molar-refractivity contribution >= 4 is 10.8 Å². The van der Waals surface area contributed by atoms with Gasteiger partial charge in [0, 0.05) is 0 Å². The van der Waals surface area contributed by atoms with Crippen molar-refractivity contribution in [2.24, 2.45) is 0 Å². The highest BCUT2D eigenvalue weighted by atomic mass is 16.5. The van der Waals surface area contributed by atoms with E-state index in [-0.39, 0.29) is 11.5 Å². The van der Waals surface area contributed by atoms with Gasteiger partial charge in [-0.15, -0.1) is 0 Å². The molecule has 0 aromatic heterocycles. The van der Waals surface area contributed by atoms with Crippen molar-refractivity contribution in [2.45, 2.75) is 39.0 Å². The number of rotatable bonds is 12. The Balaban J connectivity index is 1.46. The lowest BCUT2D eigenvalue weighted by atomic mass is 9.90. The topological polar surface area (TPSA) is 61.7 Å². The van der Waals surface area contributed by atoms with E-state index in [4.69, 9.17) is 4.74 Å². The molecule has 0 amide bonds. The molecular weight excluding hydrogens is 434 g/mol. The lowest BCUT2D eigenvalue weighted by Crippen LogP contribution is -2.13. The minimum absolute atomic E-state index is 0.255. The summed E-state index contributed by atoms with van der Waals surface area (Å²) in [5.41, 5.74) is 4.57. The Kier molecular flexibility index (Phi) is 8.63. The van der Waals surface area contributed by atoms with Crippen molar-refractivity contribution < 1.29 is 14.9 Å². The first-order chi connectivity index (χ1) is 17.1. The maximum atomic E-state index is 9.97. The van der Waals surface area contributed by atoms with E-state index in [1.54, 1.807) is 24.3 Å². The van der Waals surface area contributed by atoms with Crippen LogP contribution in [0.4, 0.5) is 0 Å². The Bertz CT molecular complexity index is 1220. The van der Waals surface area contributed by atoms with Crippen LogP contribution in [0.3, 0.4) is 0 Å². The fourth-order valence-electron chi connectivity index (χ4n) is 4.46. The van der Waals surface area contributed by atoms with E-state index >= 15 is 0 Å². The minimum atomic E-state index is 0.255. The Morgan fingerprint density at radius 1 is 0.743 bits per heavy atom. The van der Waals surface area contributed by atoms with Gasteiger partial charge in [0.2, 0.25) is 0 Å². The molecule has 0 unspecified atom stereocenters. The second-order valence-electron chi connectivity index (χ2n) is 8.98. The summed E-state index contributed by atoms with van der Waals surface area (Å²) in [4.78, 5) is 0. The van der Waals surface area contributed by atoms with Crippen molar-refractivity contribution in [1.29, 1.82) is 0 Å². The van der Waals surface area contributed by atoms with Gasteiger partial charge in [0.1, 0.15) is 17.2 Å². The van der Waals surface area contributed by atoms with Gasteiger partial charge >= 0.3 is 0 Å². The molecule has 0 atom stereocenters. The predicted octanol–water partition coefficient (Wildman–Crippen LogP) is 7.06. The fourth-order valence-corrected chi connectivity index (χ4v) is 4.46. The third kappa shape index (κ3) is 6.77. The second-order valence-corrected chi connectivity index (χ2v) is 8.98. The minimum Gasteiger partial charge on any atom is -0.508 e. The van der Waals surface area contributed by atoms with Crippen LogP contribution in [0, 0.1) is 0 Å². The monoisotopic (exact) mass is 469 g/mol. The average Bonchev–Trinajstić information content (AvgIpc) is 2.87. The molecule has 4 aromatic rings. The standard InChI is InChI=1S/C31H35NO3/c1-2-32-19-5-3-4-6-20-35-28-15-7-23(8-16-28)21-31-29(24-9-12-26(33)13-10-24)17-11-25-22-27(34)14-18-30(25)31/h7-18,22,32-34H,2-6,19-21H2,1H3. The molecule has 0 aliphatic carbocycles. The average molecular weight is 470 g/mol. The molecule has 3 N–H and O–H groups in total. The molecule has 0 saturated heterocycles. The maximum absolute atomic E-state index is 9.97. The van der Waals surface area contributed by atoms with E-state index in [2.05, 4.69) is 42.6 Å². The number of hydrogen-bond acceptors (Lipinski definition) is 4. The number of fused-ring (bicyclic) bond motifs is 1. The van der Waals surface area contributed by atoms with E-state index < -0.39 is 0 Å². The summed E-state index contributed by atoms with van der Waals surface area (Å²) in [6.45, 7) is 5.03. The Morgan fingerprint density at radius 3 is 2.26 bits per heavy atom. The van der Waals surface area contributed by atoms with Gasteiger partial charge in [0.05, 0.1) is 6.61 Å². The van der Waals surface area contributed by atoms with Gasteiger partial charge in [-0.2, -0.15) is 0 Å². The number of ether oxygens (including phenoxy) is 1. The molecule has 0 aliphatic rings. The summed E-state index contributed by atoms with van der Waals surface area (Å²) < 4.78 is 5.96. The van der Waals surface area contributed by atoms with Crippen LogP contribution in [0.15, 0.2) is 78.9 Å². The fraction of sp³-hybridized carbons (Fsp3) is 0.290. The molecule has 0 fully saturated rings. The number of unbranched alkanes of at least 4 members (excludes halogenated alkanes) is 3. The Hall–Kier alpha value is -3.50. The number of benzene rings is 4. The lowest BCUT2D eigenvalue weighted by molar-refractivity contribution is 0.304. The first-order valence-corrected chi connectivity index (χ1v) is 12.6. The van der Waals surface area contributed by atoms with Crippen LogP contribution in [-0.2, 0) is 6.42 Å². The summed E-state index contributed by atoms with van der Waals surface area (Å²) in [5, 5.41) is 25.2. The normalized spacial score (nSPS) is 11.1. The summed E-state index contributed by atoms with van der Waals surface area (Å²) >= 11 is 0. The molecule has 4 aromatic carbocycles. The molecular formula is C31H35NO3. The smallest absolute Gasteiger partial charge is 0.119 e. The van der Waals surface area contributed by atoms with Crippen LogP contribution >= 0.6 is 0 Å². The number of phenolic OH excluding ortho intramolecular Hbond substituents is 2. The van der Waals surface area contributed by atoms with Crippen molar-refractivity contribution in [3.63, 3.8) is 0 Å². The predicted molar refractivity (Wildman–Crippen MR) is 144 cm³/mol. The molecule has 35 heavy (non-hydrogen) atoms. The highest BCUT2D eigenvalue weighted by molar-refractivity contribution is 5.93. The van der Waals surface area contributed by atoms with E-state index in [0.29, 0.717) is 0 Å². The summed E-state index contributed by atoms with van der Waals surface area (Å²) in [5.74, 6) is 1.42. The SMILES string of the molecule is CCNCCCCCCOc1ccc(Cc2c(-c3ccc(O)cc3)ccc3cc(O)ccc23)cc1. The molecule has 0 heterocycles. The zero-order valence-electron chi connectivity index (χ0n) is 20.5. The highest BCUT2D eigenvalue weighted by Crippen LogP contribution is 2.34. The first kappa shape index (κ1) is 24.6. The first-order valence-electron chi connectivity index (χ1n) is 12.6. The van der Waals surface area contributed by atoms with Gasteiger partial charge in [-0.05, 0) is 102 Å². The summed E-state index contributed by atoms with van der Waals surface area (Å²) in [6.07, 6.45) is 5.49. The van der Waals surface area contributed by atoms with Crippen LogP contribution in [0.2, 0.25) is 0 Å². The van der Waals surface area contributed by atoms with Gasteiger partial charge in [-0.3, -0.25) is 0 Å². The van der Waals surface area contributed by atoms with E-state index in [1.807, 2.05) is 24.3 Å². The molecule has 0 bridgehead atoms. The van der Waals surface area contributed by atoms with Crippen LogP contribution in [0.25, 0.3) is 21.9 Å². The summed E-state index contributed by atoms with van der Waals surface area (Å²) in [6, 6.07) is 25.3. The Labute approximate surface area is 208 Å². The second kappa shape index (κ2) is 12.3. The number of phenols is 2. The summed E-state index contributed by atoms with van der Waals surface area (Å²) in [7, 11) is 0. The van der Waals surface area contributed by atoms with E-state index in [9.17, 15) is 10.2 Å². The van der Waals surface area contributed by atoms with Crippen LogP contribution < -0.4 is 10.1 Å². The van der Waals surface area contributed by atoms with Gasteiger partial charge in [0.25, 0.3) is 0 Å². The van der Waals surface area contributed by atoms with Crippen molar-refractivity contribution in [3.05, 3.63) is 90.0 Å².